The maximum atomic E-state index is 11.9. The lowest BCUT2D eigenvalue weighted by Crippen LogP contribution is -2.29. The van der Waals surface area contributed by atoms with Crippen molar-refractivity contribution in [2.75, 3.05) is 0 Å². The summed E-state index contributed by atoms with van der Waals surface area (Å²) in [5.74, 6) is 4.84. The van der Waals surface area contributed by atoms with Gasteiger partial charge in [0.2, 0.25) is 5.91 Å². The lowest BCUT2D eigenvalue weighted by molar-refractivity contribution is -0.121. The van der Waals surface area contributed by atoms with Gasteiger partial charge in [-0.05, 0) is 26.7 Å². The third-order valence-electron chi connectivity index (χ3n) is 2.89. The number of aromatic nitrogens is 2. The summed E-state index contributed by atoms with van der Waals surface area (Å²) < 4.78 is 3.42. The van der Waals surface area contributed by atoms with E-state index in [-0.39, 0.29) is 17.6 Å². The molecule has 6 heteroatoms. The Balaban J connectivity index is 2.32. The quantitative estimate of drug-likeness (QED) is 0.326. The van der Waals surface area contributed by atoms with Gasteiger partial charge in [0.25, 0.3) is 0 Å². The minimum Gasteiger partial charge on any atom is -0.299 e. The number of hydrogen-bond acceptors (Lipinski definition) is 3. The molecule has 1 aromatic rings. The van der Waals surface area contributed by atoms with Crippen molar-refractivity contribution in [1.82, 2.24) is 14.6 Å². The normalized spacial score (nSPS) is 10.9. The Bertz CT molecular complexity index is 434. The zero-order chi connectivity index (χ0) is 13.5. The number of amides is 1. The van der Waals surface area contributed by atoms with E-state index in [0.29, 0.717) is 13.0 Å². The first-order valence-electron chi connectivity index (χ1n) is 6.33. The largest absolute Gasteiger partial charge is 0.328 e. The number of carbonyl (C=O) groups excluding carboxylic acids is 1. The van der Waals surface area contributed by atoms with Crippen molar-refractivity contribution < 1.29 is 4.79 Å². The molecule has 1 amide bonds. The van der Waals surface area contributed by atoms with Crippen LogP contribution in [0.3, 0.4) is 0 Å². The molecule has 0 saturated heterocycles. The Morgan fingerprint density at radius 2 is 2.06 bits per heavy atom. The van der Waals surface area contributed by atoms with E-state index in [4.69, 9.17) is 5.84 Å². The van der Waals surface area contributed by atoms with Crippen LogP contribution in [0.15, 0.2) is 17.2 Å². The summed E-state index contributed by atoms with van der Waals surface area (Å²) in [4.78, 5) is 22.8. The zero-order valence-electron chi connectivity index (χ0n) is 11.1. The number of aryl methyl sites for hydroxylation is 1. The van der Waals surface area contributed by atoms with Gasteiger partial charge in [-0.1, -0.05) is 6.42 Å². The third kappa shape index (κ3) is 4.03. The number of hydrazine groups is 1. The molecule has 0 bridgehead atoms. The average Bonchev–Trinajstić information content (AvgIpc) is 2.70. The molecule has 6 nitrogen and oxygen atoms in total. The number of nitrogens with one attached hydrogen (secondary N) is 1. The molecule has 1 heterocycles. The van der Waals surface area contributed by atoms with E-state index >= 15 is 0 Å². The molecule has 0 aliphatic carbocycles. The van der Waals surface area contributed by atoms with Crippen molar-refractivity contribution in [1.29, 1.82) is 0 Å². The summed E-state index contributed by atoms with van der Waals surface area (Å²) in [7, 11) is 0. The molecule has 0 aliphatic rings. The highest BCUT2D eigenvalue weighted by atomic mass is 16.2. The van der Waals surface area contributed by atoms with Gasteiger partial charge < -0.3 is 0 Å². The number of nitrogens with zero attached hydrogens (tertiary/aromatic N) is 2. The zero-order valence-corrected chi connectivity index (χ0v) is 11.1. The first-order valence-corrected chi connectivity index (χ1v) is 6.33. The molecule has 1 aromatic heterocycles. The molecular weight excluding hydrogens is 232 g/mol. The summed E-state index contributed by atoms with van der Waals surface area (Å²) in [5.41, 5.74) is 2.13. The van der Waals surface area contributed by atoms with Gasteiger partial charge in [-0.15, -0.1) is 0 Å². The fraction of sp³-hybridized carbons (Fsp3) is 0.667. The first kappa shape index (κ1) is 14.5. The predicted octanol–water partition coefficient (Wildman–Crippen LogP) is 0.781. The summed E-state index contributed by atoms with van der Waals surface area (Å²) in [6.45, 7) is 4.66. The van der Waals surface area contributed by atoms with Crippen molar-refractivity contribution in [2.45, 2.75) is 52.1 Å². The van der Waals surface area contributed by atoms with Crippen molar-refractivity contribution in [3.63, 3.8) is 0 Å². The fourth-order valence-corrected chi connectivity index (χ4v) is 1.81. The highest BCUT2D eigenvalue weighted by molar-refractivity contribution is 5.74. The topological polar surface area (TPSA) is 82.1 Å². The van der Waals surface area contributed by atoms with E-state index in [2.05, 4.69) is 5.43 Å². The van der Waals surface area contributed by atoms with Gasteiger partial charge in [0.1, 0.15) is 0 Å². The molecule has 1 rings (SSSR count). The van der Waals surface area contributed by atoms with Crippen LogP contribution in [0, 0.1) is 0 Å². The van der Waals surface area contributed by atoms with E-state index in [0.717, 1.165) is 19.3 Å². The second kappa shape index (κ2) is 7.00. The highest BCUT2D eigenvalue weighted by Gasteiger charge is 2.05. The van der Waals surface area contributed by atoms with Crippen LogP contribution in [-0.2, 0) is 11.3 Å². The van der Waals surface area contributed by atoms with E-state index in [9.17, 15) is 9.59 Å². The van der Waals surface area contributed by atoms with Gasteiger partial charge >= 0.3 is 5.69 Å². The Labute approximate surface area is 107 Å². The van der Waals surface area contributed by atoms with Crippen molar-refractivity contribution in [2.24, 2.45) is 5.84 Å². The van der Waals surface area contributed by atoms with Gasteiger partial charge in [0.05, 0.1) is 0 Å². The van der Waals surface area contributed by atoms with Gasteiger partial charge in [-0.25, -0.2) is 10.6 Å². The van der Waals surface area contributed by atoms with Gasteiger partial charge in [-0.2, -0.15) is 0 Å². The smallest absolute Gasteiger partial charge is 0.299 e. The fourth-order valence-electron chi connectivity index (χ4n) is 1.81. The Morgan fingerprint density at radius 3 is 2.61 bits per heavy atom. The van der Waals surface area contributed by atoms with Crippen LogP contribution in [0.1, 0.15) is 45.6 Å². The molecule has 0 unspecified atom stereocenters. The van der Waals surface area contributed by atoms with Crippen LogP contribution in [-0.4, -0.2) is 15.0 Å². The number of rotatable bonds is 7. The SMILES string of the molecule is CC(C)n1ccn(CCCCCC(=O)NN)c1=O. The van der Waals surface area contributed by atoms with Crippen LogP contribution in [0.4, 0.5) is 0 Å². The lowest BCUT2D eigenvalue weighted by atomic mass is 10.2. The average molecular weight is 254 g/mol. The van der Waals surface area contributed by atoms with Crippen LogP contribution < -0.4 is 17.0 Å². The highest BCUT2D eigenvalue weighted by Crippen LogP contribution is 2.03. The number of imidazole rings is 1. The minimum absolute atomic E-state index is 0.0321. The number of nitrogens with two attached hydrogens (primary N) is 1. The summed E-state index contributed by atoms with van der Waals surface area (Å²) in [5, 5.41) is 0. The molecule has 0 atom stereocenters. The minimum atomic E-state index is -0.141. The second-order valence-corrected chi connectivity index (χ2v) is 4.65. The van der Waals surface area contributed by atoms with Crippen LogP contribution in [0.5, 0.6) is 0 Å². The summed E-state index contributed by atoms with van der Waals surface area (Å²) in [6.07, 6.45) is 6.66. The molecule has 102 valence electrons. The molecule has 3 N–H and O–H groups in total. The number of hydrogen-bond donors (Lipinski definition) is 2. The van der Waals surface area contributed by atoms with E-state index < -0.39 is 0 Å². The maximum absolute atomic E-state index is 11.9. The third-order valence-corrected chi connectivity index (χ3v) is 2.89. The van der Waals surface area contributed by atoms with Crippen molar-refractivity contribution in [3.05, 3.63) is 22.9 Å². The maximum Gasteiger partial charge on any atom is 0.328 e. The lowest BCUT2D eigenvalue weighted by Gasteiger charge is -2.05. The van der Waals surface area contributed by atoms with Crippen molar-refractivity contribution in [3.8, 4) is 0 Å². The van der Waals surface area contributed by atoms with E-state index in [1.54, 1.807) is 9.13 Å². The molecule has 0 radical (unpaired) electrons. The van der Waals surface area contributed by atoms with Crippen LogP contribution in [0.25, 0.3) is 0 Å². The molecule has 0 saturated carbocycles. The molecule has 0 fully saturated rings. The van der Waals surface area contributed by atoms with Gasteiger partial charge in [-0.3, -0.25) is 19.4 Å². The first-order chi connectivity index (χ1) is 8.56. The Kier molecular flexibility index (Phi) is 5.64. The molecular formula is C12H22N4O2. The predicted molar refractivity (Wildman–Crippen MR) is 69.9 cm³/mol. The molecule has 0 aliphatic heterocycles. The number of unbranched alkanes of at least 4 members (excludes halogenated alkanes) is 2. The Hall–Kier alpha value is -1.56. The van der Waals surface area contributed by atoms with Gasteiger partial charge in [0.15, 0.2) is 0 Å². The van der Waals surface area contributed by atoms with E-state index in [1.165, 1.54) is 0 Å². The molecule has 0 spiro atoms. The van der Waals surface area contributed by atoms with Gasteiger partial charge in [0, 0.05) is 31.4 Å². The van der Waals surface area contributed by atoms with Crippen LogP contribution in [0.2, 0.25) is 0 Å². The molecule has 0 aromatic carbocycles. The standard InChI is InChI=1S/C12H22N4O2/c1-10(2)16-9-8-15(12(16)18)7-5-3-4-6-11(17)14-13/h8-10H,3-7,13H2,1-2H3,(H,14,17). The second-order valence-electron chi connectivity index (χ2n) is 4.65. The van der Waals surface area contributed by atoms with Crippen molar-refractivity contribution >= 4 is 5.91 Å². The summed E-state index contributed by atoms with van der Waals surface area (Å²) >= 11 is 0. The number of carbonyl (C=O) groups is 1. The Morgan fingerprint density at radius 1 is 1.33 bits per heavy atom. The molecule has 18 heavy (non-hydrogen) atoms. The van der Waals surface area contributed by atoms with E-state index in [1.807, 2.05) is 26.2 Å². The summed E-state index contributed by atoms with van der Waals surface area (Å²) in [6, 6.07) is 0.187. The van der Waals surface area contributed by atoms with Crippen LogP contribution >= 0.6 is 0 Å². The monoisotopic (exact) mass is 254 g/mol.